The van der Waals surface area contributed by atoms with E-state index in [-0.39, 0.29) is 5.41 Å². The Kier molecular flexibility index (Phi) is 3.53. The third kappa shape index (κ3) is 2.08. The number of methoxy groups -OCH3 is 1. The number of amidine groups is 1. The predicted octanol–water partition coefficient (Wildman–Crippen LogP) is 1.96. The van der Waals surface area contributed by atoms with Gasteiger partial charge in [0, 0.05) is 18.9 Å². The topological polar surface area (TPSA) is 47.6 Å². The van der Waals surface area contributed by atoms with Gasteiger partial charge in [0.1, 0.15) is 0 Å². The molecular formula is C11H22N2O. The molecule has 3 nitrogen and oxygen atoms in total. The van der Waals surface area contributed by atoms with Gasteiger partial charge in [0.25, 0.3) is 0 Å². The number of nitrogens with two attached hydrogens (primary N) is 1. The Labute approximate surface area is 86.7 Å². The van der Waals surface area contributed by atoms with Crippen molar-refractivity contribution in [3.63, 3.8) is 0 Å². The van der Waals surface area contributed by atoms with Crippen LogP contribution in [-0.2, 0) is 4.74 Å². The molecule has 0 aromatic carbocycles. The molecule has 0 aromatic heterocycles. The molecule has 1 fully saturated rings. The number of ether oxygens (including phenoxy) is 1. The molecule has 0 radical (unpaired) electrons. The Morgan fingerprint density at radius 1 is 1.57 bits per heavy atom. The normalized spacial score (nSPS) is 31.3. The Hall–Kier alpha value is -0.570. The van der Waals surface area contributed by atoms with Crippen LogP contribution in [0.1, 0.15) is 40.0 Å². The van der Waals surface area contributed by atoms with Crippen molar-refractivity contribution in [1.29, 1.82) is 0 Å². The van der Waals surface area contributed by atoms with Crippen LogP contribution in [0.3, 0.4) is 0 Å². The van der Waals surface area contributed by atoms with Crippen LogP contribution < -0.4 is 5.73 Å². The number of aliphatic imine (C=N–C) groups is 1. The molecule has 0 aliphatic heterocycles. The van der Waals surface area contributed by atoms with Gasteiger partial charge >= 0.3 is 0 Å². The smallest absolute Gasteiger partial charge is 0.0940 e. The van der Waals surface area contributed by atoms with Crippen molar-refractivity contribution in [1.82, 2.24) is 0 Å². The maximum Gasteiger partial charge on any atom is 0.0940 e. The highest BCUT2D eigenvalue weighted by Gasteiger charge is 2.48. The van der Waals surface area contributed by atoms with E-state index in [1.54, 1.807) is 7.11 Å². The van der Waals surface area contributed by atoms with Crippen molar-refractivity contribution >= 4 is 5.84 Å². The molecule has 1 aliphatic carbocycles. The quantitative estimate of drug-likeness (QED) is 0.554. The zero-order valence-corrected chi connectivity index (χ0v) is 9.71. The van der Waals surface area contributed by atoms with E-state index >= 15 is 0 Å². The van der Waals surface area contributed by atoms with Gasteiger partial charge in [-0.05, 0) is 12.8 Å². The van der Waals surface area contributed by atoms with Crippen LogP contribution in [0, 0.1) is 5.41 Å². The van der Waals surface area contributed by atoms with E-state index in [0.29, 0.717) is 12.1 Å². The fourth-order valence-corrected chi connectivity index (χ4v) is 2.00. The molecule has 2 unspecified atom stereocenters. The lowest BCUT2D eigenvalue weighted by molar-refractivity contribution is -0.0851. The molecule has 0 spiro atoms. The lowest BCUT2D eigenvalue weighted by atomic mass is 9.65. The minimum Gasteiger partial charge on any atom is -0.387 e. The third-order valence-electron chi connectivity index (χ3n) is 3.24. The summed E-state index contributed by atoms with van der Waals surface area (Å²) in [6.07, 6.45) is 3.32. The van der Waals surface area contributed by atoms with Crippen LogP contribution >= 0.6 is 0 Å². The Morgan fingerprint density at radius 2 is 2.21 bits per heavy atom. The van der Waals surface area contributed by atoms with Gasteiger partial charge in [0.2, 0.25) is 0 Å². The summed E-state index contributed by atoms with van der Waals surface area (Å²) in [6.45, 7) is 6.50. The summed E-state index contributed by atoms with van der Waals surface area (Å²) in [4.78, 5) is 4.54. The van der Waals surface area contributed by atoms with Gasteiger partial charge in [-0.15, -0.1) is 0 Å². The fraction of sp³-hybridized carbons (Fsp3) is 0.909. The number of nitrogens with zero attached hydrogens (tertiary/aromatic N) is 1. The molecule has 1 saturated carbocycles. The first-order chi connectivity index (χ1) is 6.52. The van der Waals surface area contributed by atoms with E-state index in [0.717, 1.165) is 25.1 Å². The standard InChI is InChI=1S/C11H22N2O/c1-5-6-10(12)13-8-7-9(14-4)11(8,2)3/h8-9H,5-7H2,1-4H3,(H2,12,13). The Morgan fingerprint density at radius 3 is 2.64 bits per heavy atom. The van der Waals surface area contributed by atoms with Gasteiger partial charge in [-0.25, -0.2) is 0 Å². The third-order valence-corrected chi connectivity index (χ3v) is 3.24. The first-order valence-corrected chi connectivity index (χ1v) is 5.37. The second-order valence-electron chi connectivity index (χ2n) is 4.67. The molecule has 0 saturated heterocycles. The zero-order chi connectivity index (χ0) is 10.8. The largest absolute Gasteiger partial charge is 0.387 e. The molecule has 0 heterocycles. The second-order valence-corrected chi connectivity index (χ2v) is 4.67. The van der Waals surface area contributed by atoms with Gasteiger partial charge in [0.15, 0.2) is 0 Å². The zero-order valence-electron chi connectivity index (χ0n) is 9.71. The van der Waals surface area contributed by atoms with Crippen LogP contribution in [0.25, 0.3) is 0 Å². The second kappa shape index (κ2) is 4.30. The molecule has 0 bridgehead atoms. The SMILES string of the molecule is CCCC(N)=NC1CC(OC)C1(C)C. The van der Waals surface area contributed by atoms with Crippen molar-refractivity contribution < 1.29 is 4.74 Å². The summed E-state index contributed by atoms with van der Waals surface area (Å²) in [5, 5.41) is 0. The van der Waals surface area contributed by atoms with E-state index in [1.807, 2.05) is 0 Å². The minimum atomic E-state index is 0.146. The summed E-state index contributed by atoms with van der Waals surface area (Å²) >= 11 is 0. The molecule has 2 atom stereocenters. The Balaban J connectivity index is 2.53. The van der Waals surface area contributed by atoms with Crippen LogP contribution in [-0.4, -0.2) is 25.1 Å². The average molecular weight is 198 g/mol. The summed E-state index contributed by atoms with van der Waals surface area (Å²) in [5.74, 6) is 0.792. The summed E-state index contributed by atoms with van der Waals surface area (Å²) in [5.41, 5.74) is 5.96. The predicted molar refractivity (Wildman–Crippen MR) is 59.5 cm³/mol. The molecular weight excluding hydrogens is 176 g/mol. The summed E-state index contributed by atoms with van der Waals surface area (Å²) in [6, 6.07) is 0.346. The van der Waals surface area contributed by atoms with Gasteiger partial charge in [0.05, 0.1) is 18.0 Å². The van der Waals surface area contributed by atoms with Crippen molar-refractivity contribution in [3.8, 4) is 0 Å². The van der Waals surface area contributed by atoms with Crippen LogP contribution in [0.2, 0.25) is 0 Å². The molecule has 0 aromatic rings. The van der Waals surface area contributed by atoms with E-state index in [4.69, 9.17) is 10.5 Å². The highest BCUT2D eigenvalue weighted by molar-refractivity contribution is 5.80. The molecule has 1 aliphatic rings. The van der Waals surface area contributed by atoms with E-state index in [1.165, 1.54) is 0 Å². The van der Waals surface area contributed by atoms with E-state index < -0.39 is 0 Å². The lowest BCUT2D eigenvalue weighted by Gasteiger charge is -2.49. The average Bonchev–Trinajstić information content (AvgIpc) is 2.12. The first-order valence-electron chi connectivity index (χ1n) is 5.37. The van der Waals surface area contributed by atoms with Crippen molar-refractivity contribution in [3.05, 3.63) is 0 Å². The van der Waals surface area contributed by atoms with Gasteiger partial charge in [-0.2, -0.15) is 0 Å². The van der Waals surface area contributed by atoms with Crippen LogP contribution in [0.4, 0.5) is 0 Å². The lowest BCUT2D eigenvalue weighted by Crippen LogP contribution is -2.53. The number of hydrogen-bond acceptors (Lipinski definition) is 2. The molecule has 3 heteroatoms. The molecule has 82 valence electrons. The fourth-order valence-electron chi connectivity index (χ4n) is 2.00. The van der Waals surface area contributed by atoms with Crippen molar-refractivity contribution in [2.24, 2.45) is 16.1 Å². The molecule has 14 heavy (non-hydrogen) atoms. The minimum absolute atomic E-state index is 0.146. The first kappa shape index (κ1) is 11.5. The van der Waals surface area contributed by atoms with Crippen molar-refractivity contribution in [2.75, 3.05) is 7.11 Å². The van der Waals surface area contributed by atoms with E-state index in [2.05, 4.69) is 25.8 Å². The van der Waals surface area contributed by atoms with E-state index in [9.17, 15) is 0 Å². The molecule has 1 rings (SSSR count). The monoisotopic (exact) mass is 198 g/mol. The van der Waals surface area contributed by atoms with Gasteiger partial charge in [-0.3, -0.25) is 4.99 Å². The summed E-state index contributed by atoms with van der Waals surface area (Å²) in [7, 11) is 1.77. The summed E-state index contributed by atoms with van der Waals surface area (Å²) < 4.78 is 5.36. The van der Waals surface area contributed by atoms with Crippen molar-refractivity contribution in [2.45, 2.75) is 52.2 Å². The molecule has 2 N–H and O–H groups in total. The van der Waals surface area contributed by atoms with Gasteiger partial charge < -0.3 is 10.5 Å². The highest BCUT2D eigenvalue weighted by Crippen LogP contribution is 2.44. The van der Waals surface area contributed by atoms with Gasteiger partial charge in [-0.1, -0.05) is 20.8 Å². The Bertz CT molecular complexity index is 223. The number of rotatable bonds is 4. The maximum absolute atomic E-state index is 5.81. The van der Waals surface area contributed by atoms with Crippen LogP contribution in [0.15, 0.2) is 4.99 Å². The number of hydrogen-bond donors (Lipinski definition) is 1. The van der Waals surface area contributed by atoms with Crippen LogP contribution in [0.5, 0.6) is 0 Å². The molecule has 0 amide bonds. The highest BCUT2D eigenvalue weighted by atomic mass is 16.5. The maximum atomic E-state index is 5.81.